The molecule has 1 heterocycles. The maximum Gasteiger partial charge on any atom is 0.418 e. The SMILES string of the molecule is FC(F)(F)c1cc(Cl)ccc1-n1nc(-c2ccccc2Cl)nc1Cl. The van der Waals surface area contributed by atoms with Gasteiger partial charge in [-0.2, -0.15) is 18.2 Å². The van der Waals surface area contributed by atoms with Gasteiger partial charge in [0.15, 0.2) is 5.82 Å². The van der Waals surface area contributed by atoms with Crippen LogP contribution in [-0.2, 0) is 6.18 Å². The highest BCUT2D eigenvalue weighted by atomic mass is 35.5. The minimum Gasteiger partial charge on any atom is -0.202 e. The summed E-state index contributed by atoms with van der Waals surface area (Å²) in [7, 11) is 0. The summed E-state index contributed by atoms with van der Waals surface area (Å²) in [5.74, 6) is 0.119. The van der Waals surface area contributed by atoms with Gasteiger partial charge >= 0.3 is 6.18 Å². The summed E-state index contributed by atoms with van der Waals surface area (Å²) < 4.78 is 40.7. The largest absolute Gasteiger partial charge is 0.418 e. The number of alkyl halides is 3. The van der Waals surface area contributed by atoms with Crippen molar-refractivity contribution in [3.63, 3.8) is 0 Å². The smallest absolute Gasteiger partial charge is 0.202 e. The Bertz CT molecular complexity index is 906. The number of rotatable bonds is 2. The molecule has 0 saturated heterocycles. The van der Waals surface area contributed by atoms with Crippen molar-refractivity contribution < 1.29 is 13.2 Å². The third-order valence-electron chi connectivity index (χ3n) is 3.17. The molecule has 3 nitrogen and oxygen atoms in total. The van der Waals surface area contributed by atoms with Gasteiger partial charge in [0.2, 0.25) is 5.28 Å². The van der Waals surface area contributed by atoms with Gasteiger partial charge in [0.1, 0.15) is 0 Å². The lowest BCUT2D eigenvalue weighted by molar-refractivity contribution is -0.137. The van der Waals surface area contributed by atoms with Gasteiger partial charge in [0, 0.05) is 10.6 Å². The Kier molecular flexibility index (Phi) is 4.46. The molecule has 0 fully saturated rings. The average Bonchev–Trinajstić information content (AvgIpc) is 2.88. The number of halogens is 6. The van der Waals surface area contributed by atoms with E-state index >= 15 is 0 Å². The molecule has 3 aromatic rings. The first-order valence-electron chi connectivity index (χ1n) is 6.52. The van der Waals surface area contributed by atoms with E-state index in [1.165, 1.54) is 12.1 Å². The van der Waals surface area contributed by atoms with E-state index in [4.69, 9.17) is 34.8 Å². The zero-order valence-corrected chi connectivity index (χ0v) is 13.9. The molecule has 0 N–H and O–H groups in total. The molecular formula is C15H7Cl3F3N3. The van der Waals surface area contributed by atoms with Gasteiger partial charge in [0.25, 0.3) is 0 Å². The van der Waals surface area contributed by atoms with Crippen molar-refractivity contribution in [3.8, 4) is 17.1 Å². The van der Waals surface area contributed by atoms with Crippen molar-refractivity contribution in [2.24, 2.45) is 0 Å². The highest BCUT2D eigenvalue weighted by molar-refractivity contribution is 6.33. The van der Waals surface area contributed by atoms with Crippen molar-refractivity contribution in [2.45, 2.75) is 6.18 Å². The Morgan fingerprint density at radius 2 is 1.67 bits per heavy atom. The highest BCUT2D eigenvalue weighted by Gasteiger charge is 2.35. The Morgan fingerprint density at radius 3 is 2.33 bits per heavy atom. The Hall–Kier alpha value is -1.76. The Morgan fingerprint density at radius 1 is 0.958 bits per heavy atom. The van der Waals surface area contributed by atoms with Crippen LogP contribution in [-0.4, -0.2) is 14.8 Å². The lowest BCUT2D eigenvalue weighted by Crippen LogP contribution is -2.11. The Labute approximate surface area is 149 Å². The van der Waals surface area contributed by atoms with Crippen LogP contribution in [0.1, 0.15) is 5.56 Å². The van der Waals surface area contributed by atoms with E-state index in [0.29, 0.717) is 10.6 Å². The molecule has 24 heavy (non-hydrogen) atoms. The van der Waals surface area contributed by atoms with Gasteiger partial charge < -0.3 is 0 Å². The number of nitrogens with zero attached hydrogens (tertiary/aromatic N) is 3. The number of benzene rings is 2. The van der Waals surface area contributed by atoms with Gasteiger partial charge in [-0.3, -0.25) is 0 Å². The molecule has 0 aliphatic rings. The predicted molar refractivity (Wildman–Crippen MR) is 86.8 cm³/mol. The van der Waals surface area contributed by atoms with Crippen LogP contribution in [0.3, 0.4) is 0 Å². The summed E-state index contributed by atoms with van der Waals surface area (Å²) in [6, 6.07) is 10.00. The van der Waals surface area contributed by atoms with Crippen molar-refractivity contribution in [2.75, 3.05) is 0 Å². The van der Waals surface area contributed by atoms with Crippen molar-refractivity contribution >= 4 is 34.8 Å². The van der Waals surface area contributed by atoms with E-state index in [1.54, 1.807) is 24.3 Å². The van der Waals surface area contributed by atoms with Crippen LogP contribution in [0.4, 0.5) is 13.2 Å². The standard InChI is InChI=1S/C15H7Cl3F3N3/c16-8-5-6-12(10(7-8)15(19,20)21)24-14(18)22-13(23-24)9-3-1-2-4-11(9)17/h1-7H. The fourth-order valence-corrected chi connectivity index (χ4v) is 2.72. The molecule has 3 rings (SSSR count). The molecule has 1 aromatic heterocycles. The van der Waals surface area contributed by atoms with Crippen LogP contribution in [0.25, 0.3) is 17.1 Å². The summed E-state index contributed by atoms with van der Waals surface area (Å²) in [6.07, 6.45) is -4.62. The molecule has 0 saturated carbocycles. The molecule has 0 aliphatic carbocycles. The first-order valence-corrected chi connectivity index (χ1v) is 7.65. The molecule has 124 valence electrons. The van der Waals surface area contributed by atoms with Crippen LogP contribution in [0.2, 0.25) is 15.3 Å². The van der Waals surface area contributed by atoms with Crippen LogP contribution < -0.4 is 0 Å². The lowest BCUT2D eigenvalue weighted by atomic mass is 10.1. The monoisotopic (exact) mass is 391 g/mol. The normalized spacial score (nSPS) is 11.8. The van der Waals surface area contributed by atoms with Crippen molar-refractivity contribution in [1.82, 2.24) is 14.8 Å². The van der Waals surface area contributed by atoms with E-state index in [9.17, 15) is 13.2 Å². The van der Waals surface area contributed by atoms with Crippen LogP contribution in [0, 0.1) is 0 Å². The summed E-state index contributed by atoms with van der Waals surface area (Å²) in [5, 5.41) is 4.15. The summed E-state index contributed by atoms with van der Waals surface area (Å²) >= 11 is 17.7. The van der Waals surface area contributed by atoms with Crippen molar-refractivity contribution in [1.29, 1.82) is 0 Å². The van der Waals surface area contributed by atoms with Crippen LogP contribution >= 0.6 is 34.8 Å². The zero-order chi connectivity index (χ0) is 17.5. The molecule has 0 spiro atoms. The average molecular weight is 393 g/mol. The van der Waals surface area contributed by atoms with E-state index in [2.05, 4.69) is 10.1 Å². The number of hydrogen-bond donors (Lipinski definition) is 0. The van der Waals surface area contributed by atoms with Crippen LogP contribution in [0.5, 0.6) is 0 Å². The second-order valence-electron chi connectivity index (χ2n) is 4.76. The van der Waals surface area contributed by atoms with E-state index in [-0.39, 0.29) is 21.8 Å². The third kappa shape index (κ3) is 3.22. The molecule has 0 amide bonds. The summed E-state index contributed by atoms with van der Waals surface area (Å²) in [5.41, 5.74) is -0.780. The second kappa shape index (κ2) is 6.27. The third-order valence-corrected chi connectivity index (χ3v) is 3.98. The maximum atomic E-state index is 13.3. The van der Waals surface area contributed by atoms with Gasteiger partial charge in [-0.1, -0.05) is 35.3 Å². The van der Waals surface area contributed by atoms with Gasteiger partial charge in [-0.15, -0.1) is 5.10 Å². The van der Waals surface area contributed by atoms with E-state index in [1.807, 2.05) is 0 Å². The lowest BCUT2D eigenvalue weighted by Gasteiger charge is -2.13. The minimum atomic E-state index is -4.62. The first kappa shape index (κ1) is 17.1. The topological polar surface area (TPSA) is 30.7 Å². The van der Waals surface area contributed by atoms with E-state index < -0.39 is 11.7 Å². The zero-order valence-electron chi connectivity index (χ0n) is 11.7. The fourth-order valence-electron chi connectivity index (χ4n) is 2.12. The minimum absolute atomic E-state index is 0.0476. The molecule has 0 unspecified atom stereocenters. The van der Waals surface area contributed by atoms with Crippen molar-refractivity contribution in [3.05, 3.63) is 63.4 Å². The molecule has 9 heteroatoms. The Balaban J connectivity index is 2.18. The number of aromatic nitrogens is 3. The molecular weight excluding hydrogens is 386 g/mol. The molecule has 2 aromatic carbocycles. The summed E-state index contributed by atoms with van der Waals surface area (Å²) in [6.45, 7) is 0. The van der Waals surface area contributed by atoms with Gasteiger partial charge in [-0.05, 0) is 41.9 Å². The number of hydrogen-bond acceptors (Lipinski definition) is 2. The molecule has 0 bridgehead atoms. The highest BCUT2D eigenvalue weighted by Crippen LogP contribution is 2.37. The molecule has 0 aliphatic heterocycles. The van der Waals surface area contributed by atoms with E-state index in [0.717, 1.165) is 10.7 Å². The van der Waals surface area contributed by atoms with Crippen LogP contribution in [0.15, 0.2) is 42.5 Å². The predicted octanol–water partition coefficient (Wildman–Crippen LogP) is 5.91. The molecule has 0 atom stereocenters. The molecule has 0 radical (unpaired) electrons. The summed E-state index contributed by atoms with van der Waals surface area (Å²) in [4.78, 5) is 4.00. The maximum absolute atomic E-state index is 13.3. The van der Waals surface area contributed by atoms with Gasteiger partial charge in [-0.25, -0.2) is 4.68 Å². The first-order chi connectivity index (χ1) is 11.3. The fraction of sp³-hybridized carbons (Fsp3) is 0.0667. The van der Waals surface area contributed by atoms with Gasteiger partial charge in [0.05, 0.1) is 16.3 Å². The second-order valence-corrected chi connectivity index (χ2v) is 5.94. The quantitative estimate of drug-likeness (QED) is 0.542.